The van der Waals surface area contributed by atoms with E-state index in [0.717, 1.165) is 6.42 Å². The smallest absolute Gasteiger partial charge is 0.243 e. The Hall–Kier alpha value is -1.08. The lowest BCUT2D eigenvalue weighted by Gasteiger charge is -1.98. The lowest BCUT2D eigenvalue weighted by atomic mass is 10.4. The molecule has 11 heavy (non-hydrogen) atoms. The van der Waals surface area contributed by atoms with E-state index in [9.17, 15) is 0 Å². The summed E-state index contributed by atoms with van der Waals surface area (Å²) in [5.41, 5.74) is 0.531. The van der Waals surface area contributed by atoms with Gasteiger partial charge in [0.1, 0.15) is 11.6 Å². The third kappa shape index (κ3) is 1.92. The molecule has 0 unspecified atom stereocenters. The van der Waals surface area contributed by atoms with Crippen molar-refractivity contribution in [1.29, 1.82) is 5.26 Å². The lowest BCUT2D eigenvalue weighted by Crippen LogP contribution is -1.96. The minimum absolute atomic E-state index is 0.472. The molecular formula is C7H8N2OS. The molecule has 58 valence electrons. The first-order chi connectivity index (χ1) is 5.38. The number of nitrogens with zero attached hydrogens (tertiary/aromatic N) is 2. The summed E-state index contributed by atoms with van der Waals surface area (Å²) in [6.07, 6.45) is 0.933. The summed E-state index contributed by atoms with van der Waals surface area (Å²) in [5, 5.41) is 10.2. The lowest BCUT2D eigenvalue weighted by molar-refractivity contribution is 0.307. The van der Waals surface area contributed by atoms with E-state index >= 15 is 0 Å². The molecule has 0 N–H and O–H groups in total. The molecule has 0 bridgehead atoms. The van der Waals surface area contributed by atoms with Crippen molar-refractivity contribution in [2.75, 3.05) is 6.61 Å². The second-order valence-corrected chi connectivity index (χ2v) is 2.62. The van der Waals surface area contributed by atoms with Crippen molar-refractivity contribution in [3.05, 3.63) is 10.9 Å². The van der Waals surface area contributed by atoms with Crippen LogP contribution in [0.5, 0.6) is 5.88 Å². The maximum Gasteiger partial charge on any atom is 0.243 e. The van der Waals surface area contributed by atoms with E-state index in [0.29, 0.717) is 18.1 Å². The second kappa shape index (κ2) is 3.94. The Bertz CT molecular complexity index is 264. The highest BCUT2D eigenvalue weighted by Crippen LogP contribution is 2.17. The molecule has 0 amide bonds. The zero-order chi connectivity index (χ0) is 8.10. The van der Waals surface area contributed by atoms with E-state index in [1.807, 2.05) is 13.0 Å². The van der Waals surface area contributed by atoms with Crippen LogP contribution in [0, 0.1) is 11.3 Å². The summed E-state index contributed by atoms with van der Waals surface area (Å²) in [6.45, 7) is 2.64. The van der Waals surface area contributed by atoms with Gasteiger partial charge in [0.25, 0.3) is 0 Å². The number of hydrogen-bond acceptors (Lipinski definition) is 4. The van der Waals surface area contributed by atoms with E-state index in [4.69, 9.17) is 10.00 Å². The highest BCUT2D eigenvalue weighted by atomic mass is 32.1. The molecule has 1 aromatic heterocycles. The molecule has 0 aromatic carbocycles. The average Bonchev–Trinajstić information content (AvgIpc) is 2.47. The molecular weight excluding hydrogens is 160 g/mol. The predicted molar refractivity (Wildman–Crippen MR) is 42.6 cm³/mol. The first-order valence-electron chi connectivity index (χ1n) is 3.35. The van der Waals surface area contributed by atoms with Gasteiger partial charge < -0.3 is 4.74 Å². The number of ether oxygens (including phenoxy) is 1. The topological polar surface area (TPSA) is 45.9 Å². The summed E-state index contributed by atoms with van der Waals surface area (Å²) in [6, 6.07) is 2.01. The van der Waals surface area contributed by atoms with E-state index in [1.165, 1.54) is 11.5 Å². The minimum Gasteiger partial charge on any atom is -0.476 e. The van der Waals surface area contributed by atoms with Gasteiger partial charge in [-0.25, -0.2) is 0 Å². The van der Waals surface area contributed by atoms with Gasteiger partial charge in [0, 0.05) is 5.38 Å². The Balaban J connectivity index is 2.63. The van der Waals surface area contributed by atoms with E-state index in [1.54, 1.807) is 5.38 Å². The van der Waals surface area contributed by atoms with Crippen LogP contribution in [-0.4, -0.2) is 11.0 Å². The first-order valence-corrected chi connectivity index (χ1v) is 4.19. The Labute approximate surface area is 69.4 Å². The van der Waals surface area contributed by atoms with Gasteiger partial charge in [0.15, 0.2) is 0 Å². The van der Waals surface area contributed by atoms with Crippen LogP contribution in [0.25, 0.3) is 0 Å². The molecule has 0 aliphatic heterocycles. The Morgan fingerprint density at radius 2 is 2.64 bits per heavy atom. The van der Waals surface area contributed by atoms with Crippen LogP contribution >= 0.6 is 11.5 Å². The fourth-order valence-corrected chi connectivity index (χ4v) is 1.16. The molecule has 1 aromatic rings. The maximum atomic E-state index is 8.54. The summed E-state index contributed by atoms with van der Waals surface area (Å²) >= 11 is 1.24. The standard InChI is InChI=1S/C7H8N2OS/c1-2-3-10-7-6(4-8)5-11-9-7/h5H,2-3H2,1H3. The minimum atomic E-state index is 0.472. The predicted octanol–water partition coefficient (Wildman–Crippen LogP) is 1.80. The zero-order valence-corrected chi connectivity index (χ0v) is 7.02. The van der Waals surface area contributed by atoms with Gasteiger partial charge in [-0.2, -0.15) is 9.64 Å². The highest BCUT2D eigenvalue weighted by Gasteiger charge is 2.04. The summed E-state index contributed by atoms with van der Waals surface area (Å²) in [7, 11) is 0. The van der Waals surface area contributed by atoms with Gasteiger partial charge in [0.2, 0.25) is 5.88 Å². The summed E-state index contributed by atoms with van der Waals surface area (Å²) < 4.78 is 9.12. The van der Waals surface area contributed by atoms with Crippen LogP contribution < -0.4 is 4.74 Å². The molecule has 0 radical (unpaired) electrons. The number of aromatic nitrogens is 1. The highest BCUT2D eigenvalue weighted by molar-refractivity contribution is 7.03. The molecule has 0 fully saturated rings. The van der Waals surface area contributed by atoms with E-state index in [2.05, 4.69) is 4.37 Å². The van der Waals surface area contributed by atoms with Gasteiger partial charge in [-0.05, 0) is 18.0 Å². The fraction of sp³-hybridized carbons (Fsp3) is 0.429. The Morgan fingerprint density at radius 3 is 3.27 bits per heavy atom. The number of rotatable bonds is 3. The second-order valence-electron chi connectivity index (χ2n) is 1.99. The van der Waals surface area contributed by atoms with Crippen LogP contribution in [0.1, 0.15) is 18.9 Å². The molecule has 0 saturated heterocycles. The van der Waals surface area contributed by atoms with Crippen molar-refractivity contribution in [3.63, 3.8) is 0 Å². The van der Waals surface area contributed by atoms with Crippen LogP contribution in [0.4, 0.5) is 0 Å². The zero-order valence-electron chi connectivity index (χ0n) is 6.20. The Morgan fingerprint density at radius 1 is 1.82 bits per heavy atom. The van der Waals surface area contributed by atoms with Gasteiger partial charge in [0.05, 0.1) is 6.61 Å². The van der Waals surface area contributed by atoms with Crippen molar-refractivity contribution in [1.82, 2.24) is 4.37 Å². The molecule has 0 atom stereocenters. The van der Waals surface area contributed by atoms with Crippen LogP contribution in [0.3, 0.4) is 0 Å². The van der Waals surface area contributed by atoms with Crippen molar-refractivity contribution in [3.8, 4) is 11.9 Å². The molecule has 1 heterocycles. The summed E-state index contributed by atoms with van der Waals surface area (Å²) in [4.78, 5) is 0. The molecule has 4 heteroatoms. The molecule has 0 aliphatic carbocycles. The van der Waals surface area contributed by atoms with Crippen molar-refractivity contribution in [2.45, 2.75) is 13.3 Å². The average molecular weight is 168 g/mol. The quantitative estimate of drug-likeness (QED) is 0.691. The normalized spacial score (nSPS) is 9.09. The van der Waals surface area contributed by atoms with Crippen molar-refractivity contribution in [2.24, 2.45) is 0 Å². The van der Waals surface area contributed by atoms with Crippen LogP contribution in [-0.2, 0) is 0 Å². The number of hydrogen-bond donors (Lipinski definition) is 0. The molecule has 3 nitrogen and oxygen atoms in total. The van der Waals surface area contributed by atoms with Crippen LogP contribution in [0.15, 0.2) is 5.38 Å². The van der Waals surface area contributed by atoms with Gasteiger partial charge in [-0.3, -0.25) is 0 Å². The van der Waals surface area contributed by atoms with Crippen molar-refractivity contribution < 1.29 is 4.74 Å². The van der Waals surface area contributed by atoms with Gasteiger partial charge in [-0.15, -0.1) is 0 Å². The fourth-order valence-electron chi connectivity index (χ4n) is 0.604. The molecule has 0 aliphatic rings. The molecule has 1 rings (SSSR count). The first kappa shape index (κ1) is 8.02. The van der Waals surface area contributed by atoms with E-state index in [-0.39, 0.29) is 0 Å². The third-order valence-electron chi connectivity index (χ3n) is 1.10. The van der Waals surface area contributed by atoms with Crippen molar-refractivity contribution >= 4 is 11.5 Å². The van der Waals surface area contributed by atoms with Gasteiger partial charge >= 0.3 is 0 Å². The Kier molecular flexibility index (Phi) is 2.87. The monoisotopic (exact) mass is 168 g/mol. The largest absolute Gasteiger partial charge is 0.476 e. The van der Waals surface area contributed by atoms with E-state index < -0.39 is 0 Å². The molecule has 0 spiro atoms. The number of nitriles is 1. The van der Waals surface area contributed by atoms with Gasteiger partial charge in [-0.1, -0.05) is 6.92 Å². The SMILES string of the molecule is CCCOc1nscc1C#N. The third-order valence-corrected chi connectivity index (χ3v) is 1.71. The molecule has 0 saturated carbocycles. The summed E-state index contributed by atoms with van der Waals surface area (Å²) in [5.74, 6) is 0.472. The maximum absolute atomic E-state index is 8.54. The van der Waals surface area contributed by atoms with Crippen LogP contribution in [0.2, 0.25) is 0 Å².